The number of aromatic amines is 1. The summed E-state index contributed by atoms with van der Waals surface area (Å²) in [6.45, 7) is 7.72. The summed E-state index contributed by atoms with van der Waals surface area (Å²) < 4.78 is 31.2. The largest absolute Gasteiger partial charge is 0.497 e. The Labute approximate surface area is 210 Å². The molecule has 4 aromatic rings. The van der Waals surface area contributed by atoms with Crippen LogP contribution >= 0.6 is 23.1 Å². The lowest BCUT2D eigenvalue weighted by Crippen LogP contribution is -2.50. The number of nitrogens with zero attached hydrogens (tertiary/aromatic N) is 4. The monoisotopic (exact) mass is 517 g/mol. The number of nitrogens with one attached hydrogen (secondary N) is 1. The fraction of sp³-hybridized carbons (Fsp3) is 0.375. The van der Waals surface area contributed by atoms with Crippen LogP contribution in [0.2, 0.25) is 5.02 Å². The molecule has 8 nitrogen and oxygen atoms in total. The number of rotatable bonds is 3. The molecule has 2 aromatic carbocycles. The van der Waals surface area contributed by atoms with E-state index < -0.39 is 11.4 Å². The number of ether oxygens (including phenoxy) is 2. The molecule has 5 rings (SSSR count). The summed E-state index contributed by atoms with van der Waals surface area (Å²) in [7, 11) is 1.56. The van der Waals surface area contributed by atoms with Gasteiger partial charge in [-0.3, -0.25) is 5.10 Å². The first-order valence-corrected chi connectivity index (χ1v) is 12.3. The molecule has 1 fully saturated rings. The Hall–Kier alpha value is -3.11. The lowest BCUT2D eigenvalue weighted by atomic mass is 10.00. The summed E-state index contributed by atoms with van der Waals surface area (Å²) in [5.74, 6) is 0.0813. The van der Waals surface area contributed by atoms with E-state index in [9.17, 15) is 4.79 Å². The van der Waals surface area contributed by atoms with Gasteiger partial charge in [0, 0.05) is 48.1 Å². The number of carbonyl (C=O) groups is 1. The highest BCUT2D eigenvalue weighted by atomic mass is 35.5. The lowest BCUT2D eigenvalue weighted by Gasteiger charge is -2.36. The normalized spacial score (nSPS) is 14.7. The van der Waals surface area contributed by atoms with E-state index >= 15 is 4.39 Å². The second kappa shape index (κ2) is 8.83. The Kier molecular flexibility index (Phi) is 5.96. The Balaban J connectivity index is 1.47. The van der Waals surface area contributed by atoms with E-state index in [-0.39, 0.29) is 22.2 Å². The van der Waals surface area contributed by atoms with Gasteiger partial charge in [0.15, 0.2) is 5.82 Å². The molecule has 1 aliphatic rings. The molecule has 0 radical (unpaired) electrons. The van der Waals surface area contributed by atoms with Crippen LogP contribution in [0.1, 0.15) is 20.8 Å². The van der Waals surface area contributed by atoms with Crippen LogP contribution in [0.3, 0.4) is 0 Å². The van der Waals surface area contributed by atoms with Crippen LogP contribution in [0.25, 0.3) is 32.9 Å². The van der Waals surface area contributed by atoms with Crippen LogP contribution in [-0.4, -0.2) is 64.5 Å². The maximum absolute atomic E-state index is 15.9. The first-order valence-electron chi connectivity index (χ1n) is 11.2. The van der Waals surface area contributed by atoms with Crippen molar-refractivity contribution in [2.45, 2.75) is 26.4 Å². The van der Waals surface area contributed by atoms with Crippen LogP contribution in [0.5, 0.6) is 5.75 Å². The zero-order chi connectivity index (χ0) is 24.9. The van der Waals surface area contributed by atoms with E-state index in [4.69, 9.17) is 21.1 Å². The van der Waals surface area contributed by atoms with Crippen molar-refractivity contribution >= 4 is 56.0 Å². The zero-order valence-corrected chi connectivity index (χ0v) is 21.4. The molecule has 1 amide bonds. The fourth-order valence-corrected chi connectivity index (χ4v) is 5.44. The molecular formula is C24H25ClFN5O3S. The van der Waals surface area contributed by atoms with Gasteiger partial charge in [-0.2, -0.15) is 9.47 Å². The van der Waals surface area contributed by atoms with Crippen LogP contribution < -0.4 is 9.64 Å². The highest BCUT2D eigenvalue weighted by molar-refractivity contribution is 7.11. The van der Waals surface area contributed by atoms with Gasteiger partial charge in [0.1, 0.15) is 21.9 Å². The number of fused-ring (bicyclic) bond motifs is 2. The number of hydrogen-bond acceptors (Lipinski definition) is 7. The molecule has 0 atom stereocenters. The summed E-state index contributed by atoms with van der Waals surface area (Å²) in [6, 6.07) is 5.32. The fourth-order valence-electron chi connectivity index (χ4n) is 4.24. The molecule has 0 bridgehead atoms. The number of hydrogen-bond donors (Lipinski definition) is 1. The smallest absolute Gasteiger partial charge is 0.410 e. The predicted octanol–water partition coefficient (Wildman–Crippen LogP) is 5.70. The highest BCUT2D eigenvalue weighted by Gasteiger charge is 2.29. The predicted molar refractivity (Wildman–Crippen MR) is 136 cm³/mol. The number of H-pyrrole nitrogens is 1. The van der Waals surface area contributed by atoms with Crippen molar-refractivity contribution in [3.05, 3.63) is 35.2 Å². The van der Waals surface area contributed by atoms with E-state index in [2.05, 4.69) is 19.5 Å². The Morgan fingerprint density at radius 1 is 1.20 bits per heavy atom. The van der Waals surface area contributed by atoms with Crippen molar-refractivity contribution in [2.24, 2.45) is 0 Å². The minimum atomic E-state index is -0.543. The molecule has 3 heterocycles. The van der Waals surface area contributed by atoms with Gasteiger partial charge in [-0.25, -0.2) is 9.18 Å². The Morgan fingerprint density at radius 2 is 1.94 bits per heavy atom. The summed E-state index contributed by atoms with van der Waals surface area (Å²) in [6.07, 6.45) is 1.33. The van der Waals surface area contributed by atoms with E-state index in [1.807, 2.05) is 26.8 Å². The molecule has 0 saturated carbocycles. The Bertz CT molecular complexity index is 1420. The van der Waals surface area contributed by atoms with Crippen molar-refractivity contribution in [3.8, 4) is 16.9 Å². The number of aromatic nitrogens is 3. The van der Waals surface area contributed by atoms with Crippen molar-refractivity contribution in [2.75, 3.05) is 38.2 Å². The zero-order valence-electron chi connectivity index (χ0n) is 19.8. The number of methoxy groups -OCH3 is 1. The second-order valence-electron chi connectivity index (χ2n) is 9.39. The number of benzene rings is 2. The number of amides is 1. The third-order valence-corrected chi connectivity index (χ3v) is 7.12. The summed E-state index contributed by atoms with van der Waals surface area (Å²) >= 11 is 7.90. The SMILES string of the molecule is COc1cc(-c2c(Cl)cc3c(N4CCN(C(=O)OC(C)(C)C)CC4)snc3c2F)c2[nH]ncc2c1. The molecule has 11 heteroatoms. The van der Waals surface area contributed by atoms with Gasteiger partial charge in [0.2, 0.25) is 0 Å². The summed E-state index contributed by atoms with van der Waals surface area (Å²) in [4.78, 5) is 16.2. The number of anilines is 1. The average Bonchev–Trinajstić information content (AvgIpc) is 3.45. The van der Waals surface area contributed by atoms with Crippen LogP contribution in [-0.2, 0) is 4.74 Å². The van der Waals surface area contributed by atoms with Gasteiger partial charge >= 0.3 is 6.09 Å². The van der Waals surface area contributed by atoms with Gasteiger partial charge in [-0.05, 0) is 50.5 Å². The molecule has 0 unspecified atom stereocenters. The lowest BCUT2D eigenvalue weighted by molar-refractivity contribution is 0.0241. The minimum absolute atomic E-state index is 0.249. The van der Waals surface area contributed by atoms with Gasteiger partial charge in [0.05, 0.1) is 23.8 Å². The Morgan fingerprint density at radius 3 is 2.63 bits per heavy atom. The van der Waals surface area contributed by atoms with Crippen molar-refractivity contribution in [3.63, 3.8) is 0 Å². The molecular weight excluding hydrogens is 493 g/mol. The molecule has 1 saturated heterocycles. The van der Waals surface area contributed by atoms with E-state index in [0.717, 1.165) is 10.4 Å². The summed E-state index contributed by atoms with van der Waals surface area (Å²) in [5, 5.41) is 9.55. The first kappa shape index (κ1) is 23.6. The van der Waals surface area contributed by atoms with Crippen LogP contribution in [0, 0.1) is 5.82 Å². The molecule has 35 heavy (non-hydrogen) atoms. The number of piperazine rings is 1. The van der Waals surface area contributed by atoms with Gasteiger partial charge in [0.25, 0.3) is 0 Å². The maximum atomic E-state index is 15.9. The first-order chi connectivity index (χ1) is 16.7. The minimum Gasteiger partial charge on any atom is -0.497 e. The van der Waals surface area contributed by atoms with Crippen LogP contribution in [0.4, 0.5) is 14.2 Å². The number of halogens is 2. The molecule has 2 aromatic heterocycles. The van der Waals surface area contributed by atoms with E-state index in [1.54, 1.807) is 30.3 Å². The quantitative estimate of drug-likeness (QED) is 0.375. The molecule has 0 aliphatic carbocycles. The van der Waals surface area contributed by atoms with E-state index in [1.165, 1.54) is 11.5 Å². The molecule has 184 valence electrons. The number of carbonyl (C=O) groups excluding carboxylic acids is 1. The average molecular weight is 518 g/mol. The van der Waals surface area contributed by atoms with Gasteiger partial charge in [-0.1, -0.05) is 11.6 Å². The van der Waals surface area contributed by atoms with Gasteiger partial charge in [-0.15, -0.1) is 0 Å². The molecule has 1 N–H and O–H groups in total. The van der Waals surface area contributed by atoms with Crippen molar-refractivity contribution in [1.82, 2.24) is 19.5 Å². The van der Waals surface area contributed by atoms with Crippen molar-refractivity contribution < 1.29 is 18.7 Å². The topological polar surface area (TPSA) is 83.6 Å². The summed E-state index contributed by atoms with van der Waals surface area (Å²) in [5.41, 5.74) is 1.19. The highest BCUT2D eigenvalue weighted by Crippen LogP contribution is 2.43. The van der Waals surface area contributed by atoms with Crippen molar-refractivity contribution in [1.29, 1.82) is 0 Å². The standard InChI is InChI=1S/C24H25ClFN5O3S/c1-24(2,3)34-23(32)31-7-5-30(6-8-31)22-16-11-17(25)18(19(26)21(16)29-35-22)15-10-14(33-4)9-13-12-27-28-20(13)15/h9-12H,5-8H2,1-4H3,(H,27,28). The third kappa shape index (κ3) is 4.36. The third-order valence-electron chi connectivity index (χ3n) is 5.89. The maximum Gasteiger partial charge on any atom is 0.410 e. The molecule has 1 aliphatic heterocycles. The van der Waals surface area contributed by atoms with E-state index in [0.29, 0.717) is 48.4 Å². The van der Waals surface area contributed by atoms with Crippen LogP contribution in [0.15, 0.2) is 24.4 Å². The molecule has 0 spiro atoms. The van der Waals surface area contributed by atoms with Gasteiger partial charge < -0.3 is 19.3 Å². The second-order valence-corrected chi connectivity index (χ2v) is 10.6.